The molecule has 0 aliphatic carbocycles. The van der Waals surface area contributed by atoms with Gasteiger partial charge in [-0.2, -0.15) is 0 Å². The summed E-state index contributed by atoms with van der Waals surface area (Å²) < 4.78 is 0. The number of hydrogen-bond acceptors (Lipinski definition) is 4. The average molecular weight is 253 g/mol. The largest absolute Gasteiger partial charge is 0.348 e. The second-order valence-corrected chi connectivity index (χ2v) is 5.59. The molecule has 2 heterocycles. The molecule has 17 heavy (non-hydrogen) atoms. The Morgan fingerprint density at radius 2 is 2.53 bits per heavy atom. The molecule has 0 radical (unpaired) electrons. The van der Waals surface area contributed by atoms with Gasteiger partial charge in [-0.25, -0.2) is 4.98 Å². The molecule has 4 nitrogen and oxygen atoms in total. The van der Waals surface area contributed by atoms with Crippen LogP contribution in [-0.4, -0.2) is 23.5 Å². The minimum atomic E-state index is -0.0372. The van der Waals surface area contributed by atoms with Gasteiger partial charge in [-0.3, -0.25) is 4.79 Å². The lowest BCUT2D eigenvalue weighted by molar-refractivity contribution is -0.125. The fourth-order valence-electron chi connectivity index (χ4n) is 2.16. The molecule has 0 saturated carbocycles. The molecular formula is C12H19N3OS. The molecule has 1 fully saturated rings. The van der Waals surface area contributed by atoms with Gasteiger partial charge in [-0.15, -0.1) is 11.3 Å². The number of nitrogens with zero attached hydrogens (tertiary/aromatic N) is 1. The molecule has 0 spiro atoms. The van der Waals surface area contributed by atoms with E-state index in [2.05, 4.69) is 22.5 Å². The molecule has 1 aromatic rings. The van der Waals surface area contributed by atoms with Gasteiger partial charge in [-0.1, -0.05) is 6.92 Å². The highest BCUT2D eigenvalue weighted by atomic mass is 32.1. The van der Waals surface area contributed by atoms with Crippen LogP contribution in [0.1, 0.15) is 30.5 Å². The standard InChI is InChI=1S/C12H19N3OS/c1-8-4-3-5-13-11(8)12(16)14-6-10-15-9(2)7-17-10/h7-8,11,13H,3-6H2,1-2H3,(H,14,16). The monoisotopic (exact) mass is 253 g/mol. The molecule has 1 saturated heterocycles. The first-order valence-corrected chi connectivity index (χ1v) is 6.97. The van der Waals surface area contributed by atoms with Crippen molar-refractivity contribution in [3.63, 3.8) is 0 Å². The number of aryl methyl sites for hydroxylation is 1. The van der Waals surface area contributed by atoms with Crippen molar-refractivity contribution in [2.45, 2.75) is 39.3 Å². The first-order chi connectivity index (χ1) is 8.16. The van der Waals surface area contributed by atoms with Gasteiger partial charge in [0, 0.05) is 11.1 Å². The zero-order valence-corrected chi connectivity index (χ0v) is 11.1. The van der Waals surface area contributed by atoms with E-state index in [0.717, 1.165) is 30.1 Å². The van der Waals surface area contributed by atoms with Crippen molar-refractivity contribution in [2.75, 3.05) is 6.54 Å². The van der Waals surface area contributed by atoms with Crippen molar-refractivity contribution >= 4 is 17.2 Å². The van der Waals surface area contributed by atoms with Gasteiger partial charge in [0.05, 0.1) is 12.6 Å². The maximum atomic E-state index is 12.0. The van der Waals surface area contributed by atoms with E-state index in [9.17, 15) is 4.79 Å². The second kappa shape index (κ2) is 5.60. The number of rotatable bonds is 3. The van der Waals surface area contributed by atoms with E-state index in [1.807, 2.05) is 12.3 Å². The Kier molecular flexibility index (Phi) is 4.12. The van der Waals surface area contributed by atoms with Crippen LogP contribution in [0, 0.1) is 12.8 Å². The zero-order chi connectivity index (χ0) is 12.3. The van der Waals surface area contributed by atoms with Crippen LogP contribution < -0.4 is 10.6 Å². The minimum Gasteiger partial charge on any atom is -0.348 e. The molecule has 2 rings (SSSR count). The van der Waals surface area contributed by atoms with E-state index >= 15 is 0 Å². The number of carbonyl (C=O) groups excluding carboxylic acids is 1. The molecule has 1 aliphatic rings. The molecule has 2 unspecified atom stereocenters. The van der Waals surface area contributed by atoms with Crippen molar-refractivity contribution in [1.29, 1.82) is 0 Å². The number of hydrogen-bond donors (Lipinski definition) is 2. The van der Waals surface area contributed by atoms with Gasteiger partial charge in [0.2, 0.25) is 5.91 Å². The molecule has 0 aromatic carbocycles. The summed E-state index contributed by atoms with van der Waals surface area (Å²) in [5, 5.41) is 9.21. The lowest BCUT2D eigenvalue weighted by Crippen LogP contribution is -2.50. The predicted octanol–water partition coefficient (Wildman–Crippen LogP) is 1.46. The Labute approximate surface area is 106 Å². The SMILES string of the molecule is Cc1csc(CNC(=O)C2NCCCC2C)n1. The highest BCUT2D eigenvalue weighted by Gasteiger charge is 2.26. The van der Waals surface area contributed by atoms with Crippen molar-refractivity contribution in [1.82, 2.24) is 15.6 Å². The summed E-state index contributed by atoms with van der Waals surface area (Å²) in [5.41, 5.74) is 1.02. The van der Waals surface area contributed by atoms with Crippen LogP contribution >= 0.6 is 11.3 Å². The maximum absolute atomic E-state index is 12.0. The highest BCUT2D eigenvalue weighted by molar-refractivity contribution is 7.09. The van der Waals surface area contributed by atoms with Gasteiger partial charge in [0.25, 0.3) is 0 Å². The molecule has 1 aliphatic heterocycles. The molecule has 2 atom stereocenters. The zero-order valence-electron chi connectivity index (χ0n) is 10.3. The van der Waals surface area contributed by atoms with Gasteiger partial charge >= 0.3 is 0 Å². The summed E-state index contributed by atoms with van der Waals surface area (Å²) >= 11 is 1.59. The molecule has 5 heteroatoms. The van der Waals surface area contributed by atoms with Crippen LogP contribution in [-0.2, 0) is 11.3 Å². The first kappa shape index (κ1) is 12.5. The van der Waals surface area contributed by atoms with Gasteiger partial charge in [-0.05, 0) is 32.2 Å². The van der Waals surface area contributed by atoms with E-state index in [0.29, 0.717) is 12.5 Å². The second-order valence-electron chi connectivity index (χ2n) is 4.65. The molecule has 0 bridgehead atoms. The third kappa shape index (κ3) is 3.26. The van der Waals surface area contributed by atoms with E-state index in [4.69, 9.17) is 0 Å². The third-order valence-electron chi connectivity index (χ3n) is 3.13. The maximum Gasteiger partial charge on any atom is 0.237 e. The topological polar surface area (TPSA) is 54.0 Å². The Morgan fingerprint density at radius 1 is 1.71 bits per heavy atom. The summed E-state index contributed by atoms with van der Waals surface area (Å²) in [4.78, 5) is 16.3. The fraction of sp³-hybridized carbons (Fsp3) is 0.667. The van der Waals surface area contributed by atoms with Gasteiger partial charge in [0.1, 0.15) is 5.01 Å². The van der Waals surface area contributed by atoms with Crippen molar-refractivity contribution in [3.05, 3.63) is 16.1 Å². The minimum absolute atomic E-state index is 0.0372. The Hall–Kier alpha value is -0.940. The number of carbonyl (C=O) groups is 1. The van der Waals surface area contributed by atoms with Crippen LogP contribution in [0.2, 0.25) is 0 Å². The molecular weight excluding hydrogens is 234 g/mol. The van der Waals surface area contributed by atoms with Crippen molar-refractivity contribution < 1.29 is 4.79 Å². The van der Waals surface area contributed by atoms with Gasteiger partial charge < -0.3 is 10.6 Å². The Bertz CT molecular complexity index is 391. The summed E-state index contributed by atoms with van der Waals surface area (Å²) in [7, 11) is 0. The molecule has 94 valence electrons. The van der Waals surface area contributed by atoms with Crippen LogP contribution in [0.4, 0.5) is 0 Å². The van der Waals surface area contributed by atoms with Crippen LogP contribution in [0.3, 0.4) is 0 Å². The fourth-order valence-corrected chi connectivity index (χ4v) is 2.87. The van der Waals surface area contributed by atoms with Gasteiger partial charge in [0.15, 0.2) is 0 Å². The Morgan fingerprint density at radius 3 is 3.18 bits per heavy atom. The predicted molar refractivity (Wildman–Crippen MR) is 68.9 cm³/mol. The Balaban J connectivity index is 1.84. The number of thiazole rings is 1. The lowest BCUT2D eigenvalue weighted by atomic mass is 9.92. The summed E-state index contributed by atoms with van der Waals surface area (Å²) in [5.74, 6) is 0.520. The van der Waals surface area contributed by atoms with E-state index < -0.39 is 0 Å². The highest BCUT2D eigenvalue weighted by Crippen LogP contribution is 2.16. The van der Waals surface area contributed by atoms with Crippen LogP contribution in [0.15, 0.2) is 5.38 Å². The van der Waals surface area contributed by atoms with Crippen molar-refractivity contribution in [2.24, 2.45) is 5.92 Å². The summed E-state index contributed by atoms with van der Waals surface area (Å²) in [6, 6.07) is -0.0372. The first-order valence-electron chi connectivity index (χ1n) is 6.09. The van der Waals surface area contributed by atoms with Crippen molar-refractivity contribution in [3.8, 4) is 0 Å². The van der Waals surface area contributed by atoms with E-state index in [1.165, 1.54) is 0 Å². The number of aromatic nitrogens is 1. The van der Waals surface area contributed by atoms with E-state index in [-0.39, 0.29) is 11.9 Å². The third-order valence-corrected chi connectivity index (χ3v) is 4.10. The number of piperidine rings is 1. The number of amides is 1. The number of nitrogens with one attached hydrogen (secondary N) is 2. The lowest BCUT2D eigenvalue weighted by Gasteiger charge is -2.28. The average Bonchev–Trinajstić information content (AvgIpc) is 2.73. The smallest absolute Gasteiger partial charge is 0.237 e. The normalized spacial score (nSPS) is 24.6. The summed E-state index contributed by atoms with van der Waals surface area (Å²) in [6.45, 7) is 5.58. The van der Waals surface area contributed by atoms with Crippen LogP contribution in [0.5, 0.6) is 0 Å². The quantitative estimate of drug-likeness (QED) is 0.857. The summed E-state index contributed by atoms with van der Waals surface area (Å²) in [6.07, 6.45) is 2.29. The molecule has 1 aromatic heterocycles. The van der Waals surface area contributed by atoms with E-state index in [1.54, 1.807) is 11.3 Å². The van der Waals surface area contributed by atoms with Crippen LogP contribution in [0.25, 0.3) is 0 Å². The molecule has 2 N–H and O–H groups in total. The molecule has 1 amide bonds.